The lowest BCUT2D eigenvalue weighted by molar-refractivity contribution is -0.138. The SMILES string of the molecule is COc1cc(C(Nc2ccc(C#N)cc2)C(=O)O)c(N(S(=O)(=O)c2ccccc2)S(=O)(=O)c2ccccc2)cc1OCc1ccccc1. The molecule has 1 unspecified atom stereocenters. The Hall–Kier alpha value is -5.84. The molecule has 0 saturated carbocycles. The highest BCUT2D eigenvalue weighted by atomic mass is 32.3. The zero-order valence-electron chi connectivity index (χ0n) is 25.4. The number of carboxylic acid groups (broad SMARTS) is 1. The van der Waals surface area contributed by atoms with Crippen molar-refractivity contribution in [3.8, 4) is 17.6 Å². The van der Waals surface area contributed by atoms with E-state index in [4.69, 9.17) is 9.47 Å². The van der Waals surface area contributed by atoms with Gasteiger partial charge in [0.1, 0.15) is 6.61 Å². The predicted octanol–water partition coefficient (Wildman–Crippen LogP) is 5.97. The molecule has 0 aliphatic heterocycles. The highest BCUT2D eigenvalue weighted by molar-refractivity contribution is 8.10. The van der Waals surface area contributed by atoms with Gasteiger partial charge < -0.3 is 19.9 Å². The van der Waals surface area contributed by atoms with Gasteiger partial charge in [-0.3, -0.25) is 0 Å². The van der Waals surface area contributed by atoms with Crippen molar-refractivity contribution in [1.29, 1.82) is 5.26 Å². The van der Waals surface area contributed by atoms with E-state index in [9.17, 15) is 32.0 Å². The second-order valence-corrected chi connectivity index (χ2v) is 14.1. The molecule has 1 atom stereocenters. The number of nitrogens with zero attached hydrogens (tertiary/aromatic N) is 2. The van der Waals surface area contributed by atoms with E-state index in [0.29, 0.717) is 5.56 Å². The molecule has 0 saturated heterocycles. The summed E-state index contributed by atoms with van der Waals surface area (Å²) in [6.45, 7) is -0.00128. The minimum Gasteiger partial charge on any atom is -0.493 e. The number of anilines is 2. The molecule has 0 radical (unpaired) electrons. The molecule has 0 bridgehead atoms. The van der Waals surface area contributed by atoms with Gasteiger partial charge in [-0.25, -0.2) is 21.6 Å². The van der Waals surface area contributed by atoms with E-state index in [-0.39, 0.29) is 42.9 Å². The standard InChI is InChI=1S/C35H29N3O8S2/c1-45-32-21-30(34(35(39)40)37-27-19-17-25(23-36)18-20-27)31(22-33(32)46-24-26-11-5-2-6-12-26)38(47(41,42)28-13-7-3-8-14-28)48(43,44)29-15-9-4-10-16-29/h2-22,34,37H,24H2,1H3,(H,39,40). The van der Waals surface area contributed by atoms with Gasteiger partial charge in [-0.05, 0) is 60.2 Å². The van der Waals surface area contributed by atoms with Crippen molar-refractivity contribution in [1.82, 2.24) is 0 Å². The van der Waals surface area contributed by atoms with Crippen LogP contribution in [0.2, 0.25) is 0 Å². The molecule has 0 heterocycles. The van der Waals surface area contributed by atoms with Crippen molar-refractivity contribution in [2.45, 2.75) is 22.4 Å². The molecule has 5 rings (SSSR count). The van der Waals surface area contributed by atoms with E-state index >= 15 is 0 Å². The third-order valence-electron chi connectivity index (χ3n) is 7.15. The monoisotopic (exact) mass is 683 g/mol. The highest BCUT2D eigenvalue weighted by Crippen LogP contribution is 2.43. The largest absolute Gasteiger partial charge is 0.493 e. The summed E-state index contributed by atoms with van der Waals surface area (Å²) in [7, 11) is -8.55. The first-order valence-corrected chi connectivity index (χ1v) is 17.2. The normalized spacial score (nSPS) is 11.9. The average Bonchev–Trinajstić information content (AvgIpc) is 3.11. The molecule has 2 N–H and O–H groups in total. The second kappa shape index (κ2) is 14.3. The van der Waals surface area contributed by atoms with Gasteiger partial charge in [-0.1, -0.05) is 66.7 Å². The van der Waals surface area contributed by atoms with Crippen LogP contribution in [0.15, 0.2) is 137 Å². The van der Waals surface area contributed by atoms with Crippen LogP contribution in [0.3, 0.4) is 0 Å². The first-order chi connectivity index (χ1) is 23.1. The number of methoxy groups -OCH3 is 1. The topological polar surface area (TPSA) is 163 Å². The van der Waals surface area contributed by atoms with Gasteiger partial charge >= 0.3 is 5.97 Å². The van der Waals surface area contributed by atoms with Crippen LogP contribution >= 0.6 is 0 Å². The molecule has 48 heavy (non-hydrogen) atoms. The van der Waals surface area contributed by atoms with Crippen molar-refractivity contribution in [3.63, 3.8) is 0 Å². The van der Waals surface area contributed by atoms with Gasteiger partial charge in [0.15, 0.2) is 17.5 Å². The third-order valence-corrected chi connectivity index (χ3v) is 11.3. The molecular formula is C35H29N3O8S2. The molecule has 0 aromatic heterocycles. The van der Waals surface area contributed by atoms with Gasteiger partial charge in [0.2, 0.25) is 0 Å². The summed E-state index contributed by atoms with van der Waals surface area (Å²) in [5, 5.41) is 22.6. The molecule has 0 amide bonds. The fraction of sp³-hybridized carbons (Fsp3) is 0.0857. The summed E-state index contributed by atoms with van der Waals surface area (Å²) in [6, 6.07) is 31.4. The van der Waals surface area contributed by atoms with Crippen LogP contribution in [0.5, 0.6) is 11.5 Å². The molecule has 13 heteroatoms. The molecule has 5 aromatic rings. The van der Waals surface area contributed by atoms with Crippen LogP contribution in [-0.2, 0) is 31.4 Å². The lowest BCUT2D eigenvalue weighted by Gasteiger charge is -2.29. The van der Waals surface area contributed by atoms with Crippen LogP contribution in [0, 0.1) is 11.3 Å². The quantitative estimate of drug-likeness (QED) is 0.151. The van der Waals surface area contributed by atoms with Crippen molar-refractivity contribution < 1.29 is 36.2 Å². The minimum atomic E-state index is -4.93. The van der Waals surface area contributed by atoms with E-state index in [2.05, 4.69) is 5.32 Å². The number of nitriles is 1. The average molecular weight is 684 g/mol. The number of nitrogens with one attached hydrogen (secondary N) is 1. The number of aliphatic carboxylic acids is 1. The molecule has 11 nitrogen and oxygen atoms in total. The smallest absolute Gasteiger partial charge is 0.330 e. The van der Waals surface area contributed by atoms with E-state index in [1.807, 2.05) is 12.1 Å². The number of carboxylic acids is 1. The van der Waals surface area contributed by atoms with E-state index < -0.39 is 37.7 Å². The second-order valence-electron chi connectivity index (χ2n) is 10.3. The molecule has 5 aromatic carbocycles. The maximum Gasteiger partial charge on any atom is 0.330 e. The molecule has 0 aliphatic rings. The van der Waals surface area contributed by atoms with Crippen LogP contribution in [-0.4, -0.2) is 35.0 Å². The van der Waals surface area contributed by atoms with Gasteiger partial charge in [-0.15, -0.1) is 0 Å². The van der Waals surface area contributed by atoms with Crippen molar-refractivity contribution in [2.75, 3.05) is 16.1 Å². The third kappa shape index (κ3) is 7.10. The van der Waals surface area contributed by atoms with Crippen molar-refractivity contribution in [2.24, 2.45) is 0 Å². The fourth-order valence-electron chi connectivity index (χ4n) is 4.81. The number of ether oxygens (including phenoxy) is 2. The van der Waals surface area contributed by atoms with E-state index in [1.54, 1.807) is 36.4 Å². The maximum atomic E-state index is 14.4. The lowest BCUT2D eigenvalue weighted by atomic mass is 10.0. The zero-order chi connectivity index (χ0) is 34.3. The molecular weight excluding hydrogens is 655 g/mol. The molecule has 244 valence electrons. The van der Waals surface area contributed by atoms with Gasteiger partial charge in [0.05, 0.1) is 34.2 Å². The molecule has 0 fully saturated rings. The number of sulfonamides is 2. The number of carbonyl (C=O) groups is 1. The van der Waals surface area contributed by atoms with E-state index in [1.165, 1.54) is 86.0 Å². The summed E-state index contributed by atoms with van der Waals surface area (Å²) in [5.74, 6) is -1.49. The molecule has 0 aliphatic carbocycles. The summed E-state index contributed by atoms with van der Waals surface area (Å²) in [5.41, 5.74) is 0.555. The Kier molecular flexibility index (Phi) is 9.98. The van der Waals surface area contributed by atoms with E-state index in [0.717, 1.165) is 11.6 Å². The first-order valence-electron chi connectivity index (χ1n) is 14.3. The Morgan fingerprint density at radius 2 is 1.31 bits per heavy atom. The Balaban J connectivity index is 1.80. The van der Waals surface area contributed by atoms with Crippen LogP contribution < -0.4 is 18.5 Å². The number of rotatable bonds is 13. The van der Waals surface area contributed by atoms with Crippen molar-refractivity contribution >= 4 is 37.4 Å². The van der Waals surface area contributed by atoms with Crippen LogP contribution in [0.25, 0.3) is 0 Å². The van der Waals surface area contributed by atoms with Crippen molar-refractivity contribution in [3.05, 3.63) is 144 Å². The summed E-state index contributed by atoms with van der Waals surface area (Å²) >= 11 is 0. The number of benzene rings is 5. The minimum absolute atomic E-state index is 0.00128. The fourth-order valence-corrected chi connectivity index (χ4v) is 8.58. The zero-order valence-corrected chi connectivity index (χ0v) is 27.1. The Morgan fingerprint density at radius 3 is 1.79 bits per heavy atom. The predicted molar refractivity (Wildman–Crippen MR) is 179 cm³/mol. The Bertz CT molecular complexity index is 2090. The maximum absolute atomic E-state index is 14.4. The van der Waals surface area contributed by atoms with Gasteiger partial charge in [0.25, 0.3) is 20.0 Å². The van der Waals surface area contributed by atoms with Crippen LogP contribution in [0.1, 0.15) is 22.7 Å². The van der Waals surface area contributed by atoms with Gasteiger partial charge in [0, 0.05) is 17.3 Å². The Morgan fingerprint density at radius 1 is 0.792 bits per heavy atom. The van der Waals surface area contributed by atoms with Gasteiger partial charge in [-0.2, -0.15) is 8.97 Å². The van der Waals surface area contributed by atoms with Crippen LogP contribution in [0.4, 0.5) is 11.4 Å². The summed E-state index contributed by atoms with van der Waals surface area (Å²) in [6.07, 6.45) is 0. The first kappa shape index (κ1) is 33.5. The summed E-state index contributed by atoms with van der Waals surface area (Å²) < 4.78 is 69.6. The Labute approximate surface area is 278 Å². The summed E-state index contributed by atoms with van der Waals surface area (Å²) in [4.78, 5) is 12.2. The highest BCUT2D eigenvalue weighted by Gasteiger charge is 2.41. The lowest BCUT2D eigenvalue weighted by Crippen LogP contribution is -2.38. The molecule has 0 spiro atoms. The number of hydrogen-bond acceptors (Lipinski definition) is 9. The number of hydrogen-bond donors (Lipinski definition) is 2.